The lowest BCUT2D eigenvalue weighted by Crippen LogP contribution is -2.35. The van der Waals surface area contributed by atoms with Crippen LogP contribution in [0.2, 0.25) is 0 Å². The van der Waals surface area contributed by atoms with Crippen LogP contribution in [0.25, 0.3) is 11.0 Å². The number of imidazole rings is 1. The quantitative estimate of drug-likeness (QED) is 0.493. The first-order valence-corrected chi connectivity index (χ1v) is 10.3. The van der Waals surface area contributed by atoms with E-state index < -0.39 is 0 Å². The van der Waals surface area contributed by atoms with Crippen molar-refractivity contribution >= 4 is 11.0 Å². The van der Waals surface area contributed by atoms with E-state index >= 15 is 0 Å². The summed E-state index contributed by atoms with van der Waals surface area (Å²) >= 11 is 0. The molecule has 30 heavy (non-hydrogen) atoms. The van der Waals surface area contributed by atoms with Gasteiger partial charge in [-0.3, -0.25) is 14.3 Å². The second-order valence-electron chi connectivity index (χ2n) is 8.27. The lowest BCUT2D eigenvalue weighted by molar-refractivity contribution is 0.0402. The summed E-state index contributed by atoms with van der Waals surface area (Å²) in [4.78, 5) is 7.28. The molecule has 3 aromatic heterocycles. The van der Waals surface area contributed by atoms with Crippen LogP contribution in [0.4, 0.5) is 0 Å². The monoisotopic (exact) mass is 405 g/mol. The van der Waals surface area contributed by atoms with Gasteiger partial charge in [-0.05, 0) is 24.6 Å². The molecular formula is C22H27N7O. The summed E-state index contributed by atoms with van der Waals surface area (Å²) in [6.45, 7) is 5.85. The minimum absolute atomic E-state index is 0.204. The van der Waals surface area contributed by atoms with Gasteiger partial charge in [0.25, 0.3) is 0 Å². The third-order valence-electron chi connectivity index (χ3n) is 5.62. The first-order chi connectivity index (χ1) is 14.5. The maximum Gasteiger partial charge on any atom is 0.136 e. The summed E-state index contributed by atoms with van der Waals surface area (Å²) in [7, 11) is 3.91. The van der Waals surface area contributed by atoms with Crippen molar-refractivity contribution < 1.29 is 4.74 Å². The van der Waals surface area contributed by atoms with E-state index in [4.69, 9.17) is 9.72 Å². The van der Waals surface area contributed by atoms with Gasteiger partial charge in [0.15, 0.2) is 0 Å². The first kappa shape index (κ1) is 19.0. The van der Waals surface area contributed by atoms with Crippen molar-refractivity contribution in [3.63, 3.8) is 0 Å². The van der Waals surface area contributed by atoms with Crippen LogP contribution >= 0.6 is 0 Å². The molecule has 0 bridgehead atoms. The molecule has 5 rings (SSSR count). The Morgan fingerprint density at radius 2 is 1.77 bits per heavy atom. The second-order valence-corrected chi connectivity index (χ2v) is 8.27. The molecule has 156 valence electrons. The first-order valence-electron chi connectivity index (χ1n) is 10.3. The number of benzene rings is 1. The molecule has 4 aromatic rings. The molecule has 1 aromatic carbocycles. The standard InChI is InChI=1S/C22H27N7O/c1-16-4-5-21-20(6-16)25-22-15-30-14-19(29(21)22)13-28(11-17-7-23-26(2)9-17)12-18-8-24-27(3)10-18/h4-10,19H,11-15H2,1-3H3/t19-/m0/s1. The molecule has 4 heterocycles. The van der Waals surface area contributed by atoms with Gasteiger partial charge in [-0.15, -0.1) is 0 Å². The highest BCUT2D eigenvalue weighted by Crippen LogP contribution is 2.28. The second kappa shape index (κ2) is 7.70. The third kappa shape index (κ3) is 3.76. The van der Waals surface area contributed by atoms with Gasteiger partial charge in [0.1, 0.15) is 12.4 Å². The molecule has 1 aliphatic heterocycles. The molecule has 0 saturated carbocycles. The van der Waals surface area contributed by atoms with Gasteiger partial charge in [0, 0.05) is 57.3 Å². The van der Waals surface area contributed by atoms with E-state index in [1.54, 1.807) is 0 Å². The van der Waals surface area contributed by atoms with Crippen LogP contribution in [0.15, 0.2) is 43.0 Å². The summed E-state index contributed by atoms with van der Waals surface area (Å²) in [5, 5.41) is 8.68. The number of aromatic nitrogens is 6. The highest BCUT2D eigenvalue weighted by Gasteiger charge is 2.26. The zero-order valence-corrected chi connectivity index (χ0v) is 17.7. The minimum atomic E-state index is 0.204. The van der Waals surface area contributed by atoms with E-state index in [9.17, 15) is 0 Å². The van der Waals surface area contributed by atoms with Crippen molar-refractivity contribution in [2.24, 2.45) is 14.1 Å². The smallest absolute Gasteiger partial charge is 0.136 e. The largest absolute Gasteiger partial charge is 0.371 e. The van der Waals surface area contributed by atoms with Crippen molar-refractivity contribution in [1.82, 2.24) is 34.0 Å². The highest BCUT2D eigenvalue weighted by molar-refractivity contribution is 5.77. The van der Waals surface area contributed by atoms with Crippen molar-refractivity contribution in [1.29, 1.82) is 0 Å². The van der Waals surface area contributed by atoms with E-state index in [1.807, 2.05) is 35.9 Å². The van der Waals surface area contributed by atoms with Crippen molar-refractivity contribution in [3.05, 3.63) is 65.5 Å². The molecular weight excluding hydrogens is 378 g/mol. The molecule has 1 atom stereocenters. The number of aryl methyl sites for hydroxylation is 3. The van der Waals surface area contributed by atoms with Gasteiger partial charge in [0.05, 0.1) is 36.1 Å². The predicted molar refractivity (Wildman–Crippen MR) is 114 cm³/mol. The number of hydrogen-bond donors (Lipinski definition) is 0. The van der Waals surface area contributed by atoms with Crippen LogP contribution in [-0.2, 0) is 38.5 Å². The van der Waals surface area contributed by atoms with Crippen LogP contribution in [0.3, 0.4) is 0 Å². The van der Waals surface area contributed by atoms with E-state index in [0.29, 0.717) is 13.2 Å². The van der Waals surface area contributed by atoms with Gasteiger partial charge in [-0.25, -0.2) is 4.98 Å². The zero-order valence-electron chi connectivity index (χ0n) is 17.7. The fraction of sp³-hybridized carbons (Fsp3) is 0.409. The van der Waals surface area contributed by atoms with Crippen LogP contribution in [0, 0.1) is 6.92 Å². The molecule has 0 fully saturated rings. The van der Waals surface area contributed by atoms with Gasteiger partial charge in [-0.2, -0.15) is 10.2 Å². The molecule has 8 heteroatoms. The molecule has 0 amide bonds. The maximum absolute atomic E-state index is 5.93. The molecule has 0 radical (unpaired) electrons. The fourth-order valence-electron chi connectivity index (χ4n) is 4.37. The molecule has 8 nitrogen and oxygen atoms in total. The minimum Gasteiger partial charge on any atom is -0.371 e. The Bertz CT molecular complexity index is 1130. The molecule has 0 unspecified atom stereocenters. The zero-order chi connectivity index (χ0) is 20.7. The normalized spacial score (nSPS) is 16.5. The fourth-order valence-corrected chi connectivity index (χ4v) is 4.37. The topological polar surface area (TPSA) is 65.9 Å². The number of nitrogens with zero attached hydrogens (tertiary/aromatic N) is 7. The van der Waals surface area contributed by atoms with Crippen LogP contribution in [-0.4, -0.2) is 47.2 Å². The molecule has 0 spiro atoms. The Balaban J connectivity index is 1.45. The number of rotatable bonds is 6. The number of ether oxygens (including phenoxy) is 1. The SMILES string of the molecule is Cc1ccc2c(c1)nc1n2[C@@H](CN(Cc2cnn(C)c2)Cc2cnn(C)c2)COC1. The Hall–Kier alpha value is -2.97. The van der Waals surface area contributed by atoms with Gasteiger partial charge in [0.2, 0.25) is 0 Å². The average molecular weight is 406 g/mol. The van der Waals surface area contributed by atoms with E-state index in [0.717, 1.165) is 31.0 Å². The number of hydrogen-bond acceptors (Lipinski definition) is 5. The van der Waals surface area contributed by atoms with Crippen LogP contribution in [0.5, 0.6) is 0 Å². The van der Waals surface area contributed by atoms with E-state index in [1.165, 1.54) is 22.2 Å². The van der Waals surface area contributed by atoms with Crippen molar-refractivity contribution in [2.45, 2.75) is 32.7 Å². The lowest BCUT2D eigenvalue weighted by atomic mass is 10.2. The van der Waals surface area contributed by atoms with Gasteiger partial charge in [-0.1, -0.05) is 6.07 Å². The summed E-state index contributed by atoms with van der Waals surface area (Å²) in [6.07, 6.45) is 8.03. The highest BCUT2D eigenvalue weighted by atomic mass is 16.5. The summed E-state index contributed by atoms with van der Waals surface area (Å²) in [5.41, 5.74) is 5.86. The van der Waals surface area contributed by atoms with E-state index in [2.05, 4.69) is 57.2 Å². The number of fused-ring (bicyclic) bond motifs is 3. The van der Waals surface area contributed by atoms with Gasteiger partial charge < -0.3 is 9.30 Å². The Morgan fingerprint density at radius 1 is 1.07 bits per heavy atom. The molecule has 0 saturated heterocycles. The summed E-state index contributed by atoms with van der Waals surface area (Å²) < 4.78 is 12.0. The Kier molecular flexibility index (Phi) is 4.88. The maximum atomic E-state index is 5.93. The average Bonchev–Trinajstić information content (AvgIpc) is 3.40. The van der Waals surface area contributed by atoms with E-state index in [-0.39, 0.29) is 6.04 Å². The van der Waals surface area contributed by atoms with Crippen LogP contribution in [0.1, 0.15) is 28.6 Å². The molecule has 1 aliphatic rings. The third-order valence-corrected chi connectivity index (χ3v) is 5.62. The Labute approximate surface area is 175 Å². The lowest BCUT2D eigenvalue weighted by Gasteiger charge is -2.31. The summed E-state index contributed by atoms with van der Waals surface area (Å²) in [5.74, 6) is 1.01. The predicted octanol–water partition coefficient (Wildman–Crippen LogP) is 2.59. The van der Waals surface area contributed by atoms with Gasteiger partial charge >= 0.3 is 0 Å². The van der Waals surface area contributed by atoms with Crippen LogP contribution < -0.4 is 0 Å². The molecule has 0 N–H and O–H groups in total. The Morgan fingerprint density at radius 3 is 2.40 bits per heavy atom. The van der Waals surface area contributed by atoms with Crippen molar-refractivity contribution in [3.8, 4) is 0 Å². The molecule has 0 aliphatic carbocycles. The van der Waals surface area contributed by atoms with Crippen molar-refractivity contribution in [2.75, 3.05) is 13.2 Å². The summed E-state index contributed by atoms with van der Waals surface area (Å²) in [6, 6.07) is 6.70.